The molecule has 1 saturated heterocycles. The van der Waals surface area contributed by atoms with Crippen LogP contribution in [0, 0.1) is 6.92 Å². The summed E-state index contributed by atoms with van der Waals surface area (Å²) in [6.07, 6.45) is 1.11. The van der Waals surface area contributed by atoms with E-state index in [1.54, 1.807) is 0 Å². The van der Waals surface area contributed by atoms with Crippen LogP contribution in [0.25, 0.3) is 0 Å². The molecule has 1 aliphatic rings. The summed E-state index contributed by atoms with van der Waals surface area (Å²) in [7, 11) is 0. The Balaban J connectivity index is 1.72. The van der Waals surface area contributed by atoms with Crippen molar-refractivity contribution in [2.45, 2.75) is 31.2 Å². The van der Waals surface area contributed by atoms with Crippen LogP contribution in [-0.4, -0.2) is 24.4 Å². The number of rotatable bonds is 4. The van der Waals surface area contributed by atoms with Crippen LogP contribution in [0.5, 0.6) is 0 Å². The molecule has 0 spiro atoms. The molecule has 0 bridgehead atoms. The van der Waals surface area contributed by atoms with E-state index in [1.807, 2.05) is 0 Å². The van der Waals surface area contributed by atoms with Gasteiger partial charge in [-0.1, -0.05) is 29.8 Å². The Morgan fingerprint density at radius 2 is 2.38 bits per heavy atom. The third-order valence-corrected chi connectivity index (χ3v) is 3.26. The quantitative estimate of drug-likeness (QED) is 0.783. The van der Waals surface area contributed by atoms with Crippen molar-refractivity contribution in [2.75, 3.05) is 13.2 Å². The largest absolute Gasteiger partial charge is 0.375 e. The lowest BCUT2D eigenvalue weighted by atomic mass is 10.1. The highest BCUT2D eigenvalue weighted by Crippen LogP contribution is 2.13. The van der Waals surface area contributed by atoms with E-state index in [0.717, 1.165) is 19.6 Å². The highest BCUT2D eigenvalue weighted by atomic mass is 32.1. The molecule has 0 saturated carbocycles. The molecule has 0 aliphatic carbocycles. The average molecular weight is 237 g/mol. The summed E-state index contributed by atoms with van der Waals surface area (Å²) in [5, 5.41) is 3.90. The fraction of sp³-hybridized carbons (Fsp3) is 0.538. The summed E-state index contributed by atoms with van der Waals surface area (Å²) in [5.74, 6) is 0. The maximum atomic E-state index is 5.71. The number of thiol groups is 1. The van der Waals surface area contributed by atoms with Gasteiger partial charge in [0, 0.05) is 17.8 Å². The van der Waals surface area contributed by atoms with E-state index in [9.17, 15) is 0 Å². The van der Waals surface area contributed by atoms with Gasteiger partial charge in [0.25, 0.3) is 0 Å². The summed E-state index contributed by atoms with van der Waals surface area (Å²) in [6.45, 7) is 4.59. The topological polar surface area (TPSA) is 21.3 Å². The minimum Gasteiger partial charge on any atom is -0.375 e. The normalized spacial score (nSPS) is 24.9. The number of aryl methyl sites for hydroxylation is 1. The molecule has 2 rings (SSSR count). The molecule has 1 aliphatic heterocycles. The molecule has 2 atom stereocenters. The van der Waals surface area contributed by atoms with Crippen LogP contribution >= 0.6 is 12.6 Å². The van der Waals surface area contributed by atoms with Crippen molar-refractivity contribution in [1.82, 2.24) is 5.32 Å². The van der Waals surface area contributed by atoms with E-state index in [0.29, 0.717) is 17.9 Å². The van der Waals surface area contributed by atoms with E-state index in [4.69, 9.17) is 4.74 Å². The predicted molar refractivity (Wildman–Crippen MR) is 70.0 cm³/mol. The van der Waals surface area contributed by atoms with E-state index in [-0.39, 0.29) is 0 Å². The Hall–Kier alpha value is -0.510. The molecule has 1 N–H and O–H groups in total. The van der Waals surface area contributed by atoms with Crippen molar-refractivity contribution < 1.29 is 4.74 Å². The van der Waals surface area contributed by atoms with Crippen LogP contribution in [0.2, 0.25) is 0 Å². The Labute approximate surface area is 103 Å². The first-order valence-electron chi connectivity index (χ1n) is 5.79. The first-order valence-corrected chi connectivity index (χ1v) is 6.30. The molecule has 0 amide bonds. The maximum absolute atomic E-state index is 5.71. The second-order valence-corrected chi connectivity index (χ2v) is 5.23. The van der Waals surface area contributed by atoms with E-state index in [2.05, 4.69) is 49.1 Å². The van der Waals surface area contributed by atoms with Crippen molar-refractivity contribution in [3.05, 3.63) is 35.4 Å². The van der Waals surface area contributed by atoms with Crippen LogP contribution in [0.15, 0.2) is 24.3 Å². The molecule has 0 aromatic heterocycles. The van der Waals surface area contributed by atoms with Gasteiger partial charge in [0.15, 0.2) is 0 Å². The lowest BCUT2D eigenvalue weighted by molar-refractivity contribution is 0.103. The monoisotopic (exact) mass is 237 g/mol. The maximum Gasteiger partial charge on any atom is 0.0717 e. The second kappa shape index (κ2) is 5.71. The van der Waals surface area contributed by atoms with Crippen LogP contribution in [0.4, 0.5) is 0 Å². The lowest BCUT2D eigenvalue weighted by Gasteiger charge is -2.11. The van der Waals surface area contributed by atoms with Gasteiger partial charge in [-0.15, -0.1) is 0 Å². The number of ether oxygens (including phenoxy) is 1. The molecule has 88 valence electrons. The predicted octanol–water partition coefficient (Wildman–Crippen LogP) is 2.17. The highest BCUT2D eigenvalue weighted by Gasteiger charge is 2.20. The summed E-state index contributed by atoms with van der Waals surface area (Å²) < 4.78 is 5.71. The smallest absolute Gasteiger partial charge is 0.0717 e. The van der Waals surface area contributed by atoms with Crippen molar-refractivity contribution in [3.63, 3.8) is 0 Å². The van der Waals surface area contributed by atoms with Crippen molar-refractivity contribution in [2.24, 2.45) is 0 Å². The fourth-order valence-electron chi connectivity index (χ4n) is 2.05. The highest BCUT2D eigenvalue weighted by molar-refractivity contribution is 7.81. The summed E-state index contributed by atoms with van der Waals surface area (Å²) in [5.41, 5.74) is 2.54. The molecular formula is C13H19NOS. The molecule has 2 unspecified atom stereocenters. The molecule has 1 aromatic carbocycles. The van der Waals surface area contributed by atoms with Crippen molar-refractivity contribution in [1.29, 1.82) is 0 Å². The summed E-state index contributed by atoms with van der Waals surface area (Å²) in [4.78, 5) is 0. The Bertz CT molecular complexity index is 342. The Morgan fingerprint density at radius 3 is 3.06 bits per heavy atom. The molecule has 1 heterocycles. The molecule has 0 radical (unpaired) electrons. The van der Waals surface area contributed by atoms with Gasteiger partial charge in [0.1, 0.15) is 0 Å². The van der Waals surface area contributed by atoms with Crippen molar-refractivity contribution in [3.8, 4) is 0 Å². The molecule has 2 nitrogen and oxygen atoms in total. The molecule has 3 heteroatoms. The standard InChI is InChI=1S/C13H19NOS/c1-10-3-2-4-11(5-10)8-15-9-12-6-13(16)7-14-12/h2-5,12-14,16H,6-9H2,1H3. The van der Waals surface area contributed by atoms with Crippen LogP contribution in [-0.2, 0) is 11.3 Å². The van der Waals surface area contributed by atoms with Gasteiger partial charge in [-0.2, -0.15) is 12.6 Å². The third-order valence-electron chi connectivity index (χ3n) is 2.87. The van der Waals surface area contributed by atoms with Gasteiger partial charge < -0.3 is 10.1 Å². The first kappa shape index (κ1) is 12.0. The molecule has 1 fully saturated rings. The van der Waals surface area contributed by atoms with Gasteiger partial charge in [-0.25, -0.2) is 0 Å². The Kier molecular flexibility index (Phi) is 4.27. The SMILES string of the molecule is Cc1cccc(COCC2CC(S)CN2)c1. The van der Waals surface area contributed by atoms with E-state index < -0.39 is 0 Å². The second-order valence-electron chi connectivity index (χ2n) is 4.50. The summed E-state index contributed by atoms with van der Waals surface area (Å²) in [6, 6.07) is 8.94. The van der Waals surface area contributed by atoms with Gasteiger partial charge in [0.05, 0.1) is 13.2 Å². The van der Waals surface area contributed by atoms with Crippen LogP contribution in [0.1, 0.15) is 17.5 Å². The van der Waals surface area contributed by atoms with E-state index >= 15 is 0 Å². The molecular weight excluding hydrogens is 218 g/mol. The lowest BCUT2D eigenvalue weighted by Crippen LogP contribution is -2.26. The van der Waals surface area contributed by atoms with Crippen LogP contribution < -0.4 is 5.32 Å². The first-order chi connectivity index (χ1) is 7.74. The van der Waals surface area contributed by atoms with Gasteiger partial charge >= 0.3 is 0 Å². The third kappa shape index (κ3) is 3.51. The number of benzene rings is 1. The fourth-order valence-corrected chi connectivity index (χ4v) is 2.41. The van der Waals surface area contributed by atoms with E-state index in [1.165, 1.54) is 11.1 Å². The minimum atomic E-state index is 0.479. The number of hydrogen-bond donors (Lipinski definition) is 2. The van der Waals surface area contributed by atoms with Gasteiger partial charge in [0.2, 0.25) is 0 Å². The zero-order valence-corrected chi connectivity index (χ0v) is 10.5. The molecule has 1 aromatic rings. The van der Waals surface area contributed by atoms with Crippen LogP contribution in [0.3, 0.4) is 0 Å². The average Bonchev–Trinajstić information content (AvgIpc) is 2.64. The zero-order chi connectivity index (χ0) is 11.4. The Morgan fingerprint density at radius 1 is 1.50 bits per heavy atom. The number of hydrogen-bond acceptors (Lipinski definition) is 3. The zero-order valence-electron chi connectivity index (χ0n) is 9.65. The van der Waals surface area contributed by atoms with Gasteiger partial charge in [-0.3, -0.25) is 0 Å². The summed E-state index contributed by atoms with van der Waals surface area (Å²) >= 11 is 4.44. The van der Waals surface area contributed by atoms with Crippen molar-refractivity contribution >= 4 is 12.6 Å². The van der Waals surface area contributed by atoms with Gasteiger partial charge in [-0.05, 0) is 18.9 Å². The minimum absolute atomic E-state index is 0.479. The number of nitrogens with one attached hydrogen (secondary N) is 1. The molecule has 16 heavy (non-hydrogen) atoms.